The molecule has 0 radical (unpaired) electrons. The zero-order valence-electron chi connectivity index (χ0n) is 12.6. The molecule has 0 saturated carbocycles. The second-order valence-corrected chi connectivity index (χ2v) is 4.88. The van der Waals surface area contributed by atoms with Crippen LogP contribution in [0.3, 0.4) is 0 Å². The van der Waals surface area contributed by atoms with Gasteiger partial charge in [0.05, 0.1) is 4.92 Å². The molecule has 0 aliphatic heterocycles. The minimum atomic E-state index is -0.514. The van der Waals surface area contributed by atoms with Crippen LogP contribution >= 0.6 is 0 Å². The Hall–Kier alpha value is -3.42. The van der Waals surface area contributed by atoms with Crippen molar-refractivity contribution in [3.05, 3.63) is 69.8 Å². The van der Waals surface area contributed by atoms with Crippen molar-refractivity contribution in [2.45, 2.75) is 6.54 Å². The number of nitrogens with two attached hydrogens (primary N) is 1. The summed E-state index contributed by atoms with van der Waals surface area (Å²) in [7, 11) is 0. The van der Waals surface area contributed by atoms with Crippen LogP contribution in [0.2, 0.25) is 0 Å². The van der Waals surface area contributed by atoms with Crippen LogP contribution in [0.4, 0.5) is 5.69 Å². The number of hydrogen-bond acceptors (Lipinski definition) is 5. The lowest BCUT2D eigenvalue weighted by molar-refractivity contribution is -0.384. The monoisotopic (exact) mass is 329 g/mol. The number of primary amides is 1. The molecule has 0 aliphatic carbocycles. The Morgan fingerprint density at radius 2 is 1.71 bits per heavy atom. The Balaban J connectivity index is 1.78. The first-order valence-electron chi connectivity index (χ1n) is 6.98. The van der Waals surface area contributed by atoms with Crippen molar-refractivity contribution in [3.8, 4) is 5.75 Å². The van der Waals surface area contributed by atoms with Crippen LogP contribution in [0.1, 0.15) is 15.9 Å². The lowest BCUT2D eigenvalue weighted by atomic mass is 10.1. The minimum Gasteiger partial charge on any atom is -0.484 e. The van der Waals surface area contributed by atoms with Gasteiger partial charge >= 0.3 is 0 Å². The summed E-state index contributed by atoms with van der Waals surface area (Å²) in [5.74, 6) is -0.490. The zero-order chi connectivity index (χ0) is 17.5. The van der Waals surface area contributed by atoms with Gasteiger partial charge in [-0.2, -0.15) is 0 Å². The maximum atomic E-state index is 11.7. The molecule has 2 rings (SSSR count). The lowest BCUT2D eigenvalue weighted by Gasteiger charge is -2.08. The van der Waals surface area contributed by atoms with Crippen LogP contribution in [0.5, 0.6) is 5.75 Å². The highest BCUT2D eigenvalue weighted by Gasteiger charge is 2.07. The largest absolute Gasteiger partial charge is 0.484 e. The van der Waals surface area contributed by atoms with Gasteiger partial charge in [0.25, 0.3) is 11.6 Å². The average Bonchev–Trinajstić information content (AvgIpc) is 2.58. The molecule has 2 amide bonds. The summed E-state index contributed by atoms with van der Waals surface area (Å²) in [5.41, 5.74) is 6.30. The second kappa shape index (κ2) is 7.73. The molecule has 0 heterocycles. The standard InChI is InChI=1S/C16H15N3O5/c17-16(21)12-3-1-11(2-4-12)9-18-15(20)10-24-14-7-5-13(6-8-14)19(22)23/h1-8H,9-10H2,(H2,17,21)(H,18,20). The van der Waals surface area contributed by atoms with Gasteiger partial charge in [-0.25, -0.2) is 0 Å². The van der Waals surface area contributed by atoms with Gasteiger partial charge in [0.15, 0.2) is 6.61 Å². The molecule has 2 aromatic rings. The number of carbonyl (C=O) groups excluding carboxylic acids is 2. The smallest absolute Gasteiger partial charge is 0.269 e. The molecule has 0 aromatic heterocycles. The second-order valence-electron chi connectivity index (χ2n) is 4.88. The minimum absolute atomic E-state index is 0.0498. The van der Waals surface area contributed by atoms with E-state index in [1.807, 2.05) is 0 Å². The van der Waals surface area contributed by atoms with E-state index in [4.69, 9.17) is 10.5 Å². The quantitative estimate of drug-likeness (QED) is 0.586. The van der Waals surface area contributed by atoms with Gasteiger partial charge in [-0.15, -0.1) is 0 Å². The number of non-ortho nitro benzene ring substituents is 1. The van der Waals surface area contributed by atoms with E-state index in [1.54, 1.807) is 24.3 Å². The summed E-state index contributed by atoms with van der Waals surface area (Å²) in [6.45, 7) is 0.0681. The molecule has 0 fully saturated rings. The van der Waals surface area contributed by atoms with Gasteiger partial charge in [-0.3, -0.25) is 19.7 Å². The number of amides is 2. The van der Waals surface area contributed by atoms with Gasteiger partial charge in [-0.05, 0) is 29.8 Å². The highest BCUT2D eigenvalue weighted by Crippen LogP contribution is 2.17. The number of nitro groups is 1. The number of nitro benzene ring substituents is 1. The molecule has 24 heavy (non-hydrogen) atoms. The zero-order valence-corrected chi connectivity index (χ0v) is 12.6. The molecule has 0 atom stereocenters. The van der Waals surface area contributed by atoms with Crippen molar-refractivity contribution in [1.29, 1.82) is 0 Å². The van der Waals surface area contributed by atoms with E-state index in [-0.39, 0.29) is 24.7 Å². The summed E-state index contributed by atoms with van der Waals surface area (Å²) in [4.78, 5) is 32.7. The Morgan fingerprint density at radius 3 is 2.25 bits per heavy atom. The summed E-state index contributed by atoms with van der Waals surface area (Å²) < 4.78 is 5.25. The van der Waals surface area contributed by atoms with Crippen molar-refractivity contribution in [2.75, 3.05) is 6.61 Å². The third kappa shape index (κ3) is 4.80. The molecule has 8 heteroatoms. The molecule has 8 nitrogen and oxygen atoms in total. The molecule has 0 bridgehead atoms. The predicted molar refractivity (Wildman–Crippen MR) is 85.4 cm³/mol. The third-order valence-corrected chi connectivity index (χ3v) is 3.15. The maximum Gasteiger partial charge on any atom is 0.269 e. The lowest BCUT2D eigenvalue weighted by Crippen LogP contribution is -2.28. The first kappa shape index (κ1) is 16.9. The van der Waals surface area contributed by atoms with Gasteiger partial charge in [0.1, 0.15) is 5.75 Å². The molecular weight excluding hydrogens is 314 g/mol. The summed E-state index contributed by atoms with van der Waals surface area (Å²) in [6.07, 6.45) is 0. The van der Waals surface area contributed by atoms with Crippen molar-refractivity contribution >= 4 is 17.5 Å². The van der Waals surface area contributed by atoms with Crippen LogP contribution in [0.15, 0.2) is 48.5 Å². The fraction of sp³-hybridized carbons (Fsp3) is 0.125. The Labute approximate surface area is 137 Å². The van der Waals surface area contributed by atoms with E-state index in [9.17, 15) is 19.7 Å². The number of ether oxygens (including phenoxy) is 1. The molecule has 2 aromatic carbocycles. The van der Waals surface area contributed by atoms with Crippen LogP contribution in [-0.4, -0.2) is 23.3 Å². The van der Waals surface area contributed by atoms with Crippen LogP contribution in [0, 0.1) is 10.1 Å². The van der Waals surface area contributed by atoms with E-state index in [0.29, 0.717) is 11.3 Å². The highest BCUT2D eigenvalue weighted by molar-refractivity contribution is 5.92. The first-order valence-corrected chi connectivity index (χ1v) is 6.98. The van der Waals surface area contributed by atoms with E-state index >= 15 is 0 Å². The van der Waals surface area contributed by atoms with Crippen LogP contribution in [0.25, 0.3) is 0 Å². The fourth-order valence-electron chi connectivity index (χ4n) is 1.85. The molecule has 0 aliphatic rings. The van der Waals surface area contributed by atoms with E-state index in [0.717, 1.165) is 5.56 Å². The Morgan fingerprint density at radius 1 is 1.08 bits per heavy atom. The molecule has 3 N–H and O–H groups in total. The van der Waals surface area contributed by atoms with Crippen molar-refractivity contribution < 1.29 is 19.2 Å². The fourth-order valence-corrected chi connectivity index (χ4v) is 1.85. The number of nitrogens with one attached hydrogen (secondary N) is 1. The normalized spacial score (nSPS) is 10.0. The van der Waals surface area contributed by atoms with E-state index in [1.165, 1.54) is 24.3 Å². The van der Waals surface area contributed by atoms with Crippen LogP contribution < -0.4 is 15.8 Å². The maximum absolute atomic E-state index is 11.7. The number of carbonyl (C=O) groups is 2. The first-order chi connectivity index (χ1) is 11.5. The van der Waals surface area contributed by atoms with E-state index in [2.05, 4.69) is 5.32 Å². The number of nitrogens with zero attached hydrogens (tertiary/aromatic N) is 1. The van der Waals surface area contributed by atoms with Crippen molar-refractivity contribution in [3.63, 3.8) is 0 Å². The van der Waals surface area contributed by atoms with E-state index < -0.39 is 10.8 Å². The van der Waals surface area contributed by atoms with Crippen molar-refractivity contribution in [1.82, 2.24) is 5.32 Å². The SMILES string of the molecule is NC(=O)c1ccc(CNC(=O)COc2ccc([N+](=O)[O-])cc2)cc1. The molecule has 0 spiro atoms. The average molecular weight is 329 g/mol. The molecule has 0 unspecified atom stereocenters. The van der Waals surface area contributed by atoms with Gasteiger partial charge in [0.2, 0.25) is 5.91 Å². The number of benzene rings is 2. The summed E-state index contributed by atoms with van der Waals surface area (Å²) >= 11 is 0. The molecular formula is C16H15N3O5. The number of hydrogen-bond donors (Lipinski definition) is 2. The Bertz CT molecular complexity index is 678. The summed E-state index contributed by atoms with van der Waals surface area (Å²) in [5, 5.41) is 13.2. The van der Waals surface area contributed by atoms with Crippen molar-refractivity contribution in [2.24, 2.45) is 5.73 Å². The van der Waals surface area contributed by atoms with Gasteiger partial charge < -0.3 is 15.8 Å². The molecule has 124 valence electrons. The predicted octanol–water partition coefficient (Wildman–Crippen LogP) is 1.39. The van der Waals surface area contributed by atoms with Crippen LogP contribution in [-0.2, 0) is 11.3 Å². The highest BCUT2D eigenvalue weighted by atomic mass is 16.6. The summed E-state index contributed by atoms with van der Waals surface area (Å²) in [6, 6.07) is 12.0. The van der Waals surface area contributed by atoms with Gasteiger partial charge in [0, 0.05) is 24.2 Å². The Kier molecular flexibility index (Phi) is 5.45. The topological polar surface area (TPSA) is 125 Å². The number of rotatable bonds is 7. The molecule has 0 saturated heterocycles. The van der Waals surface area contributed by atoms with Gasteiger partial charge in [-0.1, -0.05) is 12.1 Å². The third-order valence-electron chi connectivity index (χ3n) is 3.15.